The molecule has 12 amide bonds. The van der Waals surface area contributed by atoms with Crippen LogP contribution in [0.4, 0.5) is 13.2 Å². The van der Waals surface area contributed by atoms with E-state index in [2.05, 4.69) is 21.3 Å². The third-order valence-electron chi connectivity index (χ3n) is 25.2. The summed E-state index contributed by atoms with van der Waals surface area (Å²) < 4.78 is 42.5. The molecular weight excluding hydrogens is 1380 g/mol. The summed E-state index contributed by atoms with van der Waals surface area (Å²) in [5.74, 6) is -10.4. The van der Waals surface area contributed by atoms with Crippen molar-refractivity contribution in [3.8, 4) is 0 Å². The minimum absolute atomic E-state index is 0.00679. The summed E-state index contributed by atoms with van der Waals surface area (Å²) in [5.41, 5.74) is -1.59. The Labute approximate surface area is 625 Å². The van der Waals surface area contributed by atoms with Crippen molar-refractivity contribution in [2.24, 2.45) is 35.5 Å². The van der Waals surface area contributed by atoms with E-state index in [1.807, 2.05) is 6.92 Å². The van der Waals surface area contributed by atoms with E-state index in [4.69, 9.17) is 11.6 Å². The molecule has 4 heterocycles. The molecule has 8 aliphatic rings. The fraction of sp³-hybridized carbons (Fsp3) is 0.842. The van der Waals surface area contributed by atoms with Crippen molar-refractivity contribution in [3.05, 3.63) is 0 Å². The number of rotatable bonds is 11. The molecule has 25 nitrogen and oxygen atoms in total. The molecule has 0 aromatic heterocycles. The number of nitrogens with one attached hydrogen (secondary N) is 4. The maximum Gasteiger partial charge on any atom is 0.393 e. The number of amides is 12. The Bertz CT molecular complexity index is 3050. The molecule has 29 heteroatoms. The summed E-state index contributed by atoms with van der Waals surface area (Å²) in [6.45, 7) is 6.20. The highest BCUT2D eigenvalue weighted by atomic mass is 35.5. The van der Waals surface area contributed by atoms with Gasteiger partial charge < -0.3 is 65.4 Å². The van der Waals surface area contributed by atoms with E-state index in [0.717, 1.165) is 70.8 Å². The summed E-state index contributed by atoms with van der Waals surface area (Å²) in [5, 5.41) is 11.1. The summed E-state index contributed by atoms with van der Waals surface area (Å²) in [4.78, 5) is 194. The minimum Gasteiger partial charge on any atom is -0.343 e. The maximum atomic E-state index is 16.0. The summed E-state index contributed by atoms with van der Waals surface area (Å²) >= 11 is 6.48. The zero-order valence-corrected chi connectivity index (χ0v) is 65.0. The Morgan fingerprint density at radius 2 is 1.19 bits per heavy atom. The van der Waals surface area contributed by atoms with Gasteiger partial charge in [-0.05, 0) is 165 Å². The van der Waals surface area contributed by atoms with Gasteiger partial charge in [-0.3, -0.25) is 57.5 Å². The number of hydrogen-bond acceptors (Lipinski definition) is 13. The van der Waals surface area contributed by atoms with Gasteiger partial charge >= 0.3 is 6.18 Å². The molecule has 592 valence electrons. The average Bonchev–Trinajstić information content (AvgIpc) is 1.77. The molecular formula is C76H123ClF3N13O12. The lowest BCUT2D eigenvalue weighted by Gasteiger charge is -2.44. The molecule has 0 bridgehead atoms. The predicted octanol–water partition coefficient (Wildman–Crippen LogP) is 6.22. The fourth-order valence-corrected chi connectivity index (χ4v) is 18.6. The van der Waals surface area contributed by atoms with Gasteiger partial charge in [-0.25, -0.2) is 0 Å². The molecule has 4 saturated heterocycles. The normalized spacial score (nSPS) is 31.5. The van der Waals surface area contributed by atoms with Crippen LogP contribution >= 0.6 is 11.6 Å². The van der Waals surface area contributed by atoms with Crippen molar-refractivity contribution in [2.75, 3.05) is 95.1 Å². The standard InChI is InChI=1S/C76H123ClF3N13O12/c1-11-48(2)64-72(103)86(5)47-63(96)93-40-24-30-57(93)70(101)89(8)59(42-50-25-15-12-16-26-50)69(100)85(4)46-61(94)82-56(34-32-51-31-33-54(55(77)41-51)76(78,79)80)68(99)88(7)58(43-52-27-23-37-81-45-52)67(98)84-75(35-19-20-36-75)74(105)91(10)65(53-28-17-13-18-29-53)73(104)90(9)60(71(102)92-38-21-14-22-39-92)44-62(95)87(6)49(3)66(97)83-64/h48-60,64-65,81H,11-47H2,1-10H3,(H,82,94)(H,83,97)(H,84,98)/t48-,49-,51?,52?,54?,55?,56-,57-,58-,59-,60-,64-,65-/m0/s1. The van der Waals surface area contributed by atoms with Crippen molar-refractivity contribution < 1.29 is 70.7 Å². The summed E-state index contributed by atoms with van der Waals surface area (Å²) in [7, 11) is 10.2. The second-order valence-corrected chi connectivity index (χ2v) is 33.0. The first-order valence-electron chi connectivity index (χ1n) is 39.5. The van der Waals surface area contributed by atoms with Gasteiger partial charge in [0.05, 0.1) is 25.4 Å². The molecule has 13 atom stereocenters. The van der Waals surface area contributed by atoms with E-state index < -0.39 is 174 Å². The van der Waals surface area contributed by atoms with Crippen LogP contribution in [0.1, 0.15) is 213 Å². The van der Waals surface area contributed by atoms with Gasteiger partial charge in [0.15, 0.2) is 0 Å². The molecule has 0 aromatic carbocycles. The van der Waals surface area contributed by atoms with Crippen LogP contribution < -0.4 is 21.3 Å². The number of carbonyl (C=O) groups is 12. The molecule has 8 fully saturated rings. The number of carbonyl (C=O) groups excluding carboxylic acids is 12. The first kappa shape index (κ1) is 84.3. The van der Waals surface area contributed by atoms with Gasteiger partial charge in [-0.15, -0.1) is 11.6 Å². The van der Waals surface area contributed by atoms with Crippen LogP contribution in [-0.2, 0) is 57.5 Å². The lowest BCUT2D eigenvalue weighted by Crippen LogP contribution is -2.65. The lowest BCUT2D eigenvalue weighted by atomic mass is 9.78. The van der Waals surface area contributed by atoms with Crippen molar-refractivity contribution in [1.82, 2.24) is 65.4 Å². The minimum atomic E-state index is -4.52. The Balaban J connectivity index is 1.19. The van der Waals surface area contributed by atoms with E-state index in [1.54, 1.807) is 18.9 Å². The molecule has 4 N–H and O–H groups in total. The van der Waals surface area contributed by atoms with E-state index in [-0.39, 0.29) is 88.5 Å². The van der Waals surface area contributed by atoms with Crippen LogP contribution in [0.15, 0.2) is 0 Å². The molecule has 105 heavy (non-hydrogen) atoms. The first-order chi connectivity index (χ1) is 49.8. The van der Waals surface area contributed by atoms with Gasteiger partial charge in [0.1, 0.15) is 53.9 Å². The lowest BCUT2D eigenvalue weighted by molar-refractivity contribution is -0.182. The second-order valence-electron chi connectivity index (χ2n) is 32.4. The second kappa shape index (κ2) is 38.2. The highest BCUT2D eigenvalue weighted by molar-refractivity contribution is 6.21. The number of nitrogens with zero attached hydrogens (tertiary/aromatic N) is 9. The smallest absolute Gasteiger partial charge is 0.343 e. The fourth-order valence-electron chi connectivity index (χ4n) is 18.1. The van der Waals surface area contributed by atoms with E-state index in [0.29, 0.717) is 77.4 Å². The number of hydrogen-bond donors (Lipinski definition) is 4. The number of halogens is 4. The Morgan fingerprint density at radius 1 is 0.581 bits per heavy atom. The van der Waals surface area contributed by atoms with Crippen LogP contribution in [0, 0.1) is 35.5 Å². The number of likely N-dealkylation sites (tertiary alicyclic amines) is 1. The topological polar surface area (TPSA) is 282 Å². The largest absolute Gasteiger partial charge is 0.393 e. The molecule has 4 aliphatic heterocycles. The monoisotopic (exact) mass is 1500 g/mol. The van der Waals surface area contributed by atoms with E-state index in [9.17, 15) is 37.1 Å². The van der Waals surface area contributed by atoms with Gasteiger partial charge in [0.25, 0.3) is 0 Å². The Hall–Kier alpha value is -6.32. The first-order valence-corrected chi connectivity index (χ1v) is 40.0. The third kappa shape index (κ3) is 21.1. The third-order valence-corrected chi connectivity index (χ3v) is 25.7. The van der Waals surface area contributed by atoms with Crippen molar-refractivity contribution in [2.45, 2.75) is 279 Å². The molecule has 4 unspecified atom stereocenters. The van der Waals surface area contributed by atoms with Gasteiger partial charge in [0, 0.05) is 74.3 Å². The predicted molar refractivity (Wildman–Crippen MR) is 390 cm³/mol. The van der Waals surface area contributed by atoms with Gasteiger partial charge in [-0.2, -0.15) is 13.2 Å². The van der Waals surface area contributed by atoms with Crippen LogP contribution in [0.25, 0.3) is 0 Å². The van der Waals surface area contributed by atoms with E-state index >= 15 is 33.6 Å². The SMILES string of the molecule is CC[C@H](C)[C@@H]1NC(=O)[C@H](C)N(C)C(=O)C[C@@H](C(=O)N2CCCCC2)N(C)C(=O)[C@H](C2CCCCC2)N(C)C(=O)C2(CCCC2)NC(=O)[C@H](CC2CCCNC2)N(C)C(=O)[C@H](CCC2CCC(C(F)(F)F)C(Cl)C2)NC(=O)CN(C)C(=O)[C@H](CC2CCCCC2)N(C)C(=O)[C@@H]2CCCN2C(=O)CN(C)C1=O. The van der Waals surface area contributed by atoms with Crippen LogP contribution in [0.5, 0.6) is 0 Å². The van der Waals surface area contributed by atoms with Crippen LogP contribution in [-0.4, -0.2) is 276 Å². The van der Waals surface area contributed by atoms with Crippen molar-refractivity contribution >= 4 is 82.5 Å². The number of alkyl halides is 4. The summed E-state index contributed by atoms with van der Waals surface area (Å²) in [6, 6.07) is -9.75. The van der Waals surface area contributed by atoms with E-state index in [1.165, 1.54) is 88.4 Å². The average molecular weight is 1500 g/mol. The highest BCUT2D eigenvalue weighted by Crippen LogP contribution is 2.44. The number of fused-ring (bicyclic) bond motifs is 1. The quantitative estimate of drug-likeness (QED) is 0.168. The van der Waals surface area contributed by atoms with Crippen LogP contribution in [0.2, 0.25) is 0 Å². The molecule has 4 saturated carbocycles. The maximum absolute atomic E-state index is 16.0. The molecule has 0 aromatic rings. The molecule has 1 spiro atoms. The molecule has 4 aliphatic carbocycles. The Kier molecular flexibility index (Phi) is 30.6. The zero-order valence-electron chi connectivity index (χ0n) is 64.3. The number of likely N-dealkylation sites (N-methyl/N-ethyl adjacent to an activating group) is 7. The number of piperidine rings is 2. The van der Waals surface area contributed by atoms with Crippen molar-refractivity contribution in [1.29, 1.82) is 0 Å². The zero-order chi connectivity index (χ0) is 76.8. The molecule has 0 radical (unpaired) electrons. The van der Waals surface area contributed by atoms with Crippen molar-refractivity contribution in [3.63, 3.8) is 0 Å². The Morgan fingerprint density at radius 3 is 1.81 bits per heavy atom. The van der Waals surface area contributed by atoms with Crippen LogP contribution in [0.3, 0.4) is 0 Å². The van der Waals surface area contributed by atoms with Gasteiger partial charge in [-0.1, -0.05) is 84.5 Å². The highest BCUT2D eigenvalue weighted by Gasteiger charge is 2.52. The van der Waals surface area contributed by atoms with Gasteiger partial charge in [0.2, 0.25) is 70.9 Å². The molecule has 8 rings (SSSR count). The summed E-state index contributed by atoms with van der Waals surface area (Å²) in [6.07, 6.45) is 9.45.